The fourth-order valence-electron chi connectivity index (χ4n) is 2.34. The lowest BCUT2D eigenvalue weighted by Crippen LogP contribution is -2.07. The van der Waals surface area contributed by atoms with E-state index in [1.54, 1.807) is 48.5 Å². The van der Waals surface area contributed by atoms with E-state index >= 15 is 0 Å². The first-order valence-corrected chi connectivity index (χ1v) is 7.64. The lowest BCUT2D eigenvalue weighted by molar-refractivity contribution is 0.103. The van der Waals surface area contributed by atoms with Gasteiger partial charge in [0.15, 0.2) is 5.78 Å². The molecule has 114 valence electrons. The van der Waals surface area contributed by atoms with Crippen LogP contribution in [-0.2, 0) is 0 Å². The molecular formula is C18H12Cl2N2O. The van der Waals surface area contributed by atoms with Crippen molar-refractivity contribution in [2.24, 2.45) is 0 Å². The molecule has 1 heterocycles. The Hall–Kier alpha value is -2.36. The van der Waals surface area contributed by atoms with Crippen LogP contribution in [0.5, 0.6) is 0 Å². The molecule has 0 aliphatic heterocycles. The highest BCUT2D eigenvalue weighted by molar-refractivity contribution is 6.39. The molecule has 1 aromatic heterocycles. The van der Waals surface area contributed by atoms with Crippen LogP contribution in [0.4, 0.5) is 5.69 Å². The third-order valence-corrected chi connectivity index (χ3v) is 4.10. The van der Waals surface area contributed by atoms with E-state index in [1.807, 2.05) is 6.07 Å². The van der Waals surface area contributed by atoms with Crippen LogP contribution in [0, 0.1) is 0 Å². The highest BCUT2D eigenvalue weighted by Crippen LogP contribution is 2.37. The van der Waals surface area contributed by atoms with E-state index in [0.717, 1.165) is 0 Å². The van der Waals surface area contributed by atoms with E-state index in [-0.39, 0.29) is 11.5 Å². The summed E-state index contributed by atoms with van der Waals surface area (Å²) in [6.07, 6.45) is 1.53. The standard InChI is InChI=1S/C18H12Cl2N2O/c19-13-7-4-8-14(20)15(13)17-16(21)12(9-10-22-17)18(23)11-5-2-1-3-6-11/h1-10H,21H2. The number of hydrogen-bond acceptors (Lipinski definition) is 3. The van der Waals surface area contributed by atoms with Crippen molar-refractivity contribution in [3.05, 3.63) is 82.0 Å². The van der Waals surface area contributed by atoms with Gasteiger partial charge in [-0.25, -0.2) is 0 Å². The maximum atomic E-state index is 12.6. The maximum absolute atomic E-state index is 12.6. The van der Waals surface area contributed by atoms with Crippen molar-refractivity contribution in [1.29, 1.82) is 0 Å². The predicted octanol–water partition coefficient (Wildman–Crippen LogP) is 4.87. The molecule has 0 aliphatic rings. The number of halogens is 2. The van der Waals surface area contributed by atoms with Crippen molar-refractivity contribution < 1.29 is 4.79 Å². The molecule has 0 bridgehead atoms. The van der Waals surface area contributed by atoms with Gasteiger partial charge in [-0.05, 0) is 18.2 Å². The highest BCUT2D eigenvalue weighted by atomic mass is 35.5. The Morgan fingerprint density at radius 3 is 2.22 bits per heavy atom. The Balaban J connectivity index is 2.15. The monoisotopic (exact) mass is 342 g/mol. The fourth-order valence-corrected chi connectivity index (χ4v) is 2.92. The third-order valence-electron chi connectivity index (χ3n) is 3.47. The molecule has 3 rings (SSSR count). The molecule has 23 heavy (non-hydrogen) atoms. The first kappa shape index (κ1) is 15.5. The van der Waals surface area contributed by atoms with E-state index in [0.29, 0.717) is 32.4 Å². The fraction of sp³-hybridized carbons (Fsp3) is 0. The minimum Gasteiger partial charge on any atom is -0.396 e. The molecule has 0 radical (unpaired) electrons. The van der Waals surface area contributed by atoms with Gasteiger partial charge in [-0.15, -0.1) is 0 Å². The van der Waals surface area contributed by atoms with E-state index in [1.165, 1.54) is 6.20 Å². The second-order valence-electron chi connectivity index (χ2n) is 4.91. The molecule has 2 aromatic carbocycles. The van der Waals surface area contributed by atoms with E-state index in [2.05, 4.69) is 4.98 Å². The molecule has 3 aromatic rings. The number of nitrogens with zero attached hydrogens (tertiary/aromatic N) is 1. The van der Waals surface area contributed by atoms with Gasteiger partial charge in [0.2, 0.25) is 0 Å². The average Bonchev–Trinajstić information content (AvgIpc) is 2.56. The molecule has 0 atom stereocenters. The molecule has 2 N–H and O–H groups in total. The maximum Gasteiger partial charge on any atom is 0.195 e. The highest BCUT2D eigenvalue weighted by Gasteiger charge is 2.19. The number of nitrogen functional groups attached to an aromatic ring is 1. The van der Waals surface area contributed by atoms with Gasteiger partial charge in [0.1, 0.15) is 0 Å². The number of carbonyl (C=O) groups is 1. The second-order valence-corrected chi connectivity index (χ2v) is 5.73. The summed E-state index contributed by atoms with van der Waals surface area (Å²) >= 11 is 12.4. The number of nitrogens with two attached hydrogens (primary N) is 1. The number of hydrogen-bond donors (Lipinski definition) is 1. The minimum absolute atomic E-state index is 0.171. The summed E-state index contributed by atoms with van der Waals surface area (Å²) in [7, 11) is 0. The van der Waals surface area contributed by atoms with Gasteiger partial charge in [0.05, 0.1) is 21.4 Å². The molecular weight excluding hydrogens is 331 g/mol. The topological polar surface area (TPSA) is 56.0 Å². The second kappa shape index (κ2) is 6.41. The summed E-state index contributed by atoms with van der Waals surface area (Å²) in [5, 5.41) is 0.863. The Labute approximate surface area is 143 Å². The molecule has 0 amide bonds. The quantitative estimate of drug-likeness (QED) is 0.691. The van der Waals surface area contributed by atoms with Gasteiger partial charge in [0.25, 0.3) is 0 Å². The number of carbonyl (C=O) groups excluding carboxylic acids is 1. The van der Waals surface area contributed by atoms with Crippen molar-refractivity contribution in [1.82, 2.24) is 4.98 Å². The van der Waals surface area contributed by atoms with Crippen LogP contribution < -0.4 is 5.73 Å². The van der Waals surface area contributed by atoms with E-state index in [9.17, 15) is 4.79 Å². The Bertz CT molecular complexity index is 859. The molecule has 3 nitrogen and oxygen atoms in total. The van der Waals surface area contributed by atoms with Crippen LogP contribution in [0.3, 0.4) is 0 Å². The van der Waals surface area contributed by atoms with Gasteiger partial charge in [-0.1, -0.05) is 59.6 Å². The molecule has 0 saturated carbocycles. The third kappa shape index (κ3) is 2.93. The number of rotatable bonds is 3. The summed E-state index contributed by atoms with van der Waals surface area (Å²) in [6, 6.07) is 15.7. The molecule has 0 saturated heterocycles. The van der Waals surface area contributed by atoms with Crippen LogP contribution in [0.25, 0.3) is 11.3 Å². The SMILES string of the molecule is Nc1c(C(=O)c2ccccc2)ccnc1-c1c(Cl)cccc1Cl. The lowest BCUT2D eigenvalue weighted by Gasteiger charge is -2.12. The number of pyridine rings is 1. The van der Waals surface area contributed by atoms with Gasteiger partial charge in [0, 0.05) is 22.9 Å². The van der Waals surface area contributed by atoms with E-state index in [4.69, 9.17) is 28.9 Å². The van der Waals surface area contributed by atoms with Crippen molar-refractivity contribution in [3.63, 3.8) is 0 Å². The average molecular weight is 343 g/mol. The van der Waals surface area contributed by atoms with Crippen LogP contribution in [0.2, 0.25) is 10.0 Å². The lowest BCUT2D eigenvalue weighted by atomic mass is 9.99. The first-order chi connectivity index (χ1) is 11.1. The van der Waals surface area contributed by atoms with Crippen LogP contribution >= 0.6 is 23.2 Å². The number of aromatic nitrogens is 1. The van der Waals surface area contributed by atoms with Gasteiger partial charge in [-0.2, -0.15) is 0 Å². The summed E-state index contributed by atoms with van der Waals surface area (Å²) < 4.78 is 0. The molecule has 0 unspecified atom stereocenters. The molecule has 5 heteroatoms. The zero-order valence-electron chi connectivity index (χ0n) is 12.0. The Morgan fingerprint density at radius 1 is 0.913 bits per heavy atom. The number of ketones is 1. The summed E-state index contributed by atoms with van der Waals surface area (Å²) in [6.45, 7) is 0. The Morgan fingerprint density at radius 2 is 1.57 bits per heavy atom. The predicted molar refractivity (Wildman–Crippen MR) is 94.0 cm³/mol. The van der Waals surface area contributed by atoms with Crippen molar-refractivity contribution in [2.45, 2.75) is 0 Å². The number of benzene rings is 2. The molecule has 0 aliphatic carbocycles. The summed E-state index contributed by atoms with van der Waals surface area (Å²) in [4.78, 5) is 16.9. The van der Waals surface area contributed by atoms with Crippen LogP contribution in [-0.4, -0.2) is 10.8 Å². The summed E-state index contributed by atoms with van der Waals surface area (Å²) in [5.74, 6) is -0.171. The summed E-state index contributed by atoms with van der Waals surface area (Å²) in [5.41, 5.74) is 8.31. The number of anilines is 1. The smallest absolute Gasteiger partial charge is 0.195 e. The molecule has 0 spiro atoms. The first-order valence-electron chi connectivity index (χ1n) is 6.88. The van der Waals surface area contributed by atoms with Crippen molar-refractivity contribution >= 4 is 34.7 Å². The largest absolute Gasteiger partial charge is 0.396 e. The zero-order chi connectivity index (χ0) is 16.4. The molecule has 0 fully saturated rings. The van der Waals surface area contributed by atoms with Gasteiger partial charge >= 0.3 is 0 Å². The van der Waals surface area contributed by atoms with Gasteiger partial charge in [-0.3, -0.25) is 9.78 Å². The Kier molecular flexibility index (Phi) is 4.33. The van der Waals surface area contributed by atoms with Crippen LogP contribution in [0.15, 0.2) is 60.8 Å². The van der Waals surface area contributed by atoms with Gasteiger partial charge < -0.3 is 5.73 Å². The van der Waals surface area contributed by atoms with E-state index < -0.39 is 0 Å². The van der Waals surface area contributed by atoms with Crippen LogP contribution in [0.1, 0.15) is 15.9 Å². The minimum atomic E-state index is -0.171. The normalized spacial score (nSPS) is 10.5. The zero-order valence-corrected chi connectivity index (χ0v) is 13.5. The van der Waals surface area contributed by atoms with Crippen molar-refractivity contribution in [3.8, 4) is 11.3 Å². The van der Waals surface area contributed by atoms with Crippen molar-refractivity contribution in [2.75, 3.05) is 5.73 Å².